The first-order chi connectivity index (χ1) is 14.2. The van der Waals surface area contributed by atoms with Crippen LogP contribution in [0.3, 0.4) is 0 Å². The van der Waals surface area contributed by atoms with Gasteiger partial charge in [0.1, 0.15) is 0 Å². The van der Waals surface area contributed by atoms with Gasteiger partial charge in [-0.05, 0) is 41.8 Å². The van der Waals surface area contributed by atoms with E-state index in [2.05, 4.69) is 12.1 Å². The average molecular weight is 389 g/mol. The van der Waals surface area contributed by atoms with Crippen LogP contribution in [0.4, 0.5) is 0 Å². The largest absolute Gasteiger partial charge is 0.493 e. The van der Waals surface area contributed by atoms with Crippen LogP contribution in [-0.4, -0.2) is 33.4 Å². The maximum atomic E-state index is 5.54. The lowest BCUT2D eigenvalue weighted by Crippen LogP contribution is -1.98. The van der Waals surface area contributed by atoms with Crippen molar-refractivity contribution in [3.05, 3.63) is 65.7 Å². The van der Waals surface area contributed by atoms with Crippen molar-refractivity contribution in [1.82, 2.24) is 4.98 Å². The molecule has 0 aliphatic carbocycles. The van der Waals surface area contributed by atoms with Crippen molar-refractivity contribution in [3.8, 4) is 23.0 Å². The van der Waals surface area contributed by atoms with Crippen LogP contribution in [-0.2, 0) is 6.42 Å². The Morgan fingerprint density at radius 2 is 1.28 bits per heavy atom. The fourth-order valence-corrected chi connectivity index (χ4v) is 3.69. The normalized spacial score (nSPS) is 10.9. The van der Waals surface area contributed by atoms with Crippen molar-refractivity contribution in [2.24, 2.45) is 0 Å². The number of rotatable bonds is 6. The summed E-state index contributed by atoms with van der Waals surface area (Å²) in [6.07, 6.45) is 0.718. The number of para-hydroxylation sites is 1. The summed E-state index contributed by atoms with van der Waals surface area (Å²) >= 11 is 0. The first kappa shape index (κ1) is 18.9. The molecule has 0 spiro atoms. The average Bonchev–Trinajstić information content (AvgIpc) is 2.77. The van der Waals surface area contributed by atoms with E-state index in [-0.39, 0.29) is 0 Å². The van der Waals surface area contributed by atoms with E-state index < -0.39 is 0 Å². The third-order valence-electron chi connectivity index (χ3n) is 5.13. The molecule has 3 aromatic carbocycles. The van der Waals surface area contributed by atoms with Crippen molar-refractivity contribution in [3.63, 3.8) is 0 Å². The van der Waals surface area contributed by atoms with E-state index in [0.29, 0.717) is 23.0 Å². The Balaban J connectivity index is 1.95. The van der Waals surface area contributed by atoms with Gasteiger partial charge in [-0.3, -0.25) is 0 Å². The number of nitrogens with zero attached hydrogens (tertiary/aromatic N) is 1. The zero-order valence-electron chi connectivity index (χ0n) is 17.0. The highest BCUT2D eigenvalue weighted by Gasteiger charge is 2.15. The SMILES string of the molecule is COc1ccc(Cc2c3ccccc3nc3cc(OC)c(OC)cc23)cc1OC. The number of hydrogen-bond donors (Lipinski definition) is 0. The zero-order valence-corrected chi connectivity index (χ0v) is 17.0. The number of hydrogen-bond acceptors (Lipinski definition) is 5. The number of fused-ring (bicyclic) bond motifs is 2. The molecular formula is C24H23NO4. The Morgan fingerprint density at radius 3 is 2.00 bits per heavy atom. The van der Waals surface area contributed by atoms with Crippen molar-refractivity contribution in [2.75, 3.05) is 28.4 Å². The molecule has 0 amide bonds. The van der Waals surface area contributed by atoms with E-state index in [9.17, 15) is 0 Å². The number of ether oxygens (including phenoxy) is 4. The van der Waals surface area contributed by atoms with Crippen molar-refractivity contribution in [2.45, 2.75) is 6.42 Å². The molecule has 0 aliphatic heterocycles. The van der Waals surface area contributed by atoms with Crippen molar-refractivity contribution < 1.29 is 18.9 Å². The third kappa shape index (κ3) is 3.40. The lowest BCUT2D eigenvalue weighted by molar-refractivity contribution is 0.354. The number of methoxy groups -OCH3 is 4. The maximum Gasteiger partial charge on any atom is 0.162 e. The van der Waals surface area contributed by atoms with Gasteiger partial charge in [0.2, 0.25) is 0 Å². The van der Waals surface area contributed by atoms with Gasteiger partial charge in [0.25, 0.3) is 0 Å². The van der Waals surface area contributed by atoms with Gasteiger partial charge in [-0.15, -0.1) is 0 Å². The lowest BCUT2D eigenvalue weighted by Gasteiger charge is -2.15. The molecule has 1 aromatic heterocycles. The third-order valence-corrected chi connectivity index (χ3v) is 5.13. The highest BCUT2D eigenvalue weighted by atomic mass is 16.5. The Morgan fingerprint density at radius 1 is 0.621 bits per heavy atom. The molecule has 148 valence electrons. The van der Waals surface area contributed by atoms with Crippen molar-refractivity contribution in [1.29, 1.82) is 0 Å². The number of pyridine rings is 1. The highest BCUT2D eigenvalue weighted by Crippen LogP contribution is 2.37. The number of benzene rings is 3. The standard InChI is InChI=1S/C24H23NO4/c1-26-21-10-9-15(12-22(21)27-2)11-17-16-7-5-6-8-19(16)25-20-14-24(29-4)23(28-3)13-18(17)20/h5-10,12-14H,11H2,1-4H3. The predicted molar refractivity (Wildman–Crippen MR) is 115 cm³/mol. The molecule has 5 nitrogen and oxygen atoms in total. The highest BCUT2D eigenvalue weighted by molar-refractivity contribution is 5.99. The van der Waals surface area contributed by atoms with Gasteiger partial charge in [0.05, 0.1) is 39.5 Å². The van der Waals surface area contributed by atoms with Crippen molar-refractivity contribution >= 4 is 21.8 Å². The molecule has 1 heterocycles. The summed E-state index contributed by atoms with van der Waals surface area (Å²) in [6, 6.07) is 18.1. The van der Waals surface area contributed by atoms with E-state index >= 15 is 0 Å². The minimum atomic E-state index is 0.667. The molecule has 29 heavy (non-hydrogen) atoms. The molecule has 0 bridgehead atoms. The molecule has 0 unspecified atom stereocenters. The van der Waals surface area contributed by atoms with Gasteiger partial charge in [-0.1, -0.05) is 24.3 Å². The molecule has 0 aliphatic rings. The predicted octanol–water partition coefficient (Wildman–Crippen LogP) is 5.01. The molecule has 0 saturated heterocycles. The summed E-state index contributed by atoms with van der Waals surface area (Å²) in [5.41, 5.74) is 4.12. The second kappa shape index (κ2) is 7.87. The quantitative estimate of drug-likeness (QED) is 0.434. The van der Waals surface area contributed by atoms with Crippen LogP contribution in [0.15, 0.2) is 54.6 Å². The molecule has 4 aromatic rings. The molecule has 0 radical (unpaired) electrons. The minimum absolute atomic E-state index is 0.667. The number of aromatic nitrogens is 1. The second-order valence-corrected chi connectivity index (χ2v) is 6.70. The van der Waals surface area contributed by atoms with Crippen LogP contribution >= 0.6 is 0 Å². The molecule has 4 rings (SSSR count). The van der Waals surface area contributed by atoms with Gasteiger partial charge in [-0.25, -0.2) is 4.98 Å². The zero-order chi connectivity index (χ0) is 20.4. The lowest BCUT2D eigenvalue weighted by atomic mass is 9.96. The van der Waals surface area contributed by atoms with E-state index in [1.807, 2.05) is 42.5 Å². The first-order valence-corrected chi connectivity index (χ1v) is 9.32. The summed E-state index contributed by atoms with van der Waals surface area (Å²) < 4.78 is 21.9. The summed E-state index contributed by atoms with van der Waals surface area (Å²) in [7, 11) is 6.57. The Kier molecular flexibility index (Phi) is 5.12. The smallest absolute Gasteiger partial charge is 0.162 e. The molecule has 0 saturated carbocycles. The fourth-order valence-electron chi connectivity index (χ4n) is 3.69. The van der Waals surface area contributed by atoms with Gasteiger partial charge in [0, 0.05) is 16.8 Å². The summed E-state index contributed by atoms with van der Waals surface area (Å²) in [6.45, 7) is 0. The molecule has 0 atom stereocenters. The first-order valence-electron chi connectivity index (χ1n) is 9.32. The van der Waals surface area contributed by atoms with Crippen LogP contribution in [0.2, 0.25) is 0 Å². The molecule has 5 heteroatoms. The van der Waals surface area contributed by atoms with Gasteiger partial charge >= 0.3 is 0 Å². The van der Waals surface area contributed by atoms with Crippen LogP contribution < -0.4 is 18.9 Å². The van der Waals surface area contributed by atoms with E-state index in [1.54, 1.807) is 28.4 Å². The van der Waals surface area contributed by atoms with E-state index in [1.165, 1.54) is 5.56 Å². The summed E-state index contributed by atoms with van der Waals surface area (Å²) in [5.74, 6) is 2.78. The Labute approximate surface area is 169 Å². The van der Waals surface area contributed by atoms with Crippen LogP contribution in [0.1, 0.15) is 11.1 Å². The monoisotopic (exact) mass is 389 g/mol. The molecule has 0 fully saturated rings. The van der Waals surface area contributed by atoms with E-state index in [0.717, 1.165) is 33.8 Å². The second-order valence-electron chi connectivity index (χ2n) is 6.70. The Hall–Kier alpha value is -3.47. The molecular weight excluding hydrogens is 366 g/mol. The Bertz CT molecular complexity index is 1190. The summed E-state index contributed by atoms with van der Waals surface area (Å²) in [4.78, 5) is 4.84. The minimum Gasteiger partial charge on any atom is -0.493 e. The fraction of sp³-hybridized carbons (Fsp3) is 0.208. The van der Waals surface area contributed by atoms with Gasteiger partial charge < -0.3 is 18.9 Å². The molecule has 0 N–H and O–H groups in total. The van der Waals surface area contributed by atoms with E-state index in [4.69, 9.17) is 23.9 Å². The topological polar surface area (TPSA) is 49.8 Å². The van der Waals surface area contributed by atoms with Crippen LogP contribution in [0.25, 0.3) is 21.8 Å². The summed E-state index contributed by atoms with van der Waals surface area (Å²) in [5, 5.41) is 2.15. The maximum absolute atomic E-state index is 5.54. The van der Waals surface area contributed by atoms with Crippen LogP contribution in [0.5, 0.6) is 23.0 Å². The van der Waals surface area contributed by atoms with Gasteiger partial charge in [-0.2, -0.15) is 0 Å². The van der Waals surface area contributed by atoms with Crippen LogP contribution in [0, 0.1) is 0 Å². The van der Waals surface area contributed by atoms with Gasteiger partial charge in [0.15, 0.2) is 23.0 Å².